The molecule has 27 heavy (non-hydrogen) atoms. The van der Waals surface area contributed by atoms with Crippen molar-refractivity contribution < 1.29 is 33.3 Å². The Morgan fingerprint density at radius 1 is 0.667 bits per heavy atom. The van der Waals surface area contributed by atoms with Gasteiger partial charge in [-0.05, 0) is 24.3 Å². The molecule has 0 saturated carbocycles. The average Bonchev–Trinajstić information content (AvgIpc) is 2.72. The molecule has 2 rings (SSSR count). The van der Waals surface area contributed by atoms with Gasteiger partial charge in [0, 0.05) is 0 Å². The number of benzene rings is 2. The van der Waals surface area contributed by atoms with Crippen LogP contribution in [0.4, 0.5) is 0 Å². The molecule has 0 radical (unpaired) electrons. The second kappa shape index (κ2) is 10.8. The number of esters is 2. The van der Waals surface area contributed by atoms with E-state index in [9.17, 15) is 9.59 Å². The normalized spacial score (nSPS) is 10.1. The predicted octanol–water partition coefficient (Wildman–Crippen LogP) is 2.73. The summed E-state index contributed by atoms with van der Waals surface area (Å²) in [6.07, 6.45) is 0. The Balaban J connectivity index is 1.71. The van der Waals surface area contributed by atoms with Gasteiger partial charge in [-0.3, -0.25) is 0 Å². The van der Waals surface area contributed by atoms with Crippen LogP contribution in [0.25, 0.3) is 0 Å². The van der Waals surface area contributed by atoms with E-state index in [0.717, 1.165) is 0 Å². The predicted molar refractivity (Wildman–Crippen MR) is 97.4 cm³/mol. The van der Waals surface area contributed by atoms with Gasteiger partial charge in [0.1, 0.15) is 35.8 Å². The summed E-state index contributed by atoms with van der Waals surface area (Å²) in [5, 5.41) is 0. The van der Waals surface area contributed by atoms with Crippen molar-refractivity contribution in [2.45, 2.75) is 0 Å². The number of ether oxygens (including phenoxy) is 5. The fourth-order valence-electron chi connectivity index (χ4n) is 2.27. The molecule has 0 heterocycles. The maximum atomic E-state index is 11.7. The van der Waals surface area contributed by atoms with Gasteiger partial charge in [-0.2, -0.15) is 0 Å². The molecule has 0 spiro atoms. The van der Waals surface area contributed by atoms with Crippen LogP contribution in [0.2, 0.25) is 0 Å². The Hall–Kier alpha value is -3.06. The summed E-state index contributed by atoms with van der Waals surface area (Å²) in [7, 11) is 2.64. The Kier molecular flexibility index (Phi) is 8.12. The molecule has 0 saturated heterocycles. The molecule has 2 aromatic carbocycles. The van der Waals surface area contributed by atoms with Crippen molar-refractivity contribution in [1.82, 2.24) is 0 Å². The lowest BCUT2D eigenvalue weighted by Crippen LogP contribution is -2.14. The van der Waals surface area contributed by atoms with Gasteiger partial charge in [-0.15, -0.1) is 0 Å². The van der Waals surface area contributed by atoms with E-state index in [1.165, 1.54) is 14.2 Å². The summed E-state index contributed by atoms with van der Waals surface area (Å²) in [4.78, 5) is 23.3. The van der Waals surface area contributed by atoms with Gasteiger partial charge in [0.2, 0.25) is 0 Å². The van der Waals surface area contributed by atoms with Crippen molar-refractivity contribution in [3.05, 3.63) is 59.7 Å². The molecule has 144 valence electrons. The third-order valence-electron chi connectivity index (χ3n) is 3.56. The van der Waals surface area contributed by atoms with Crippen LogP contribution in [-0.2, 0) is 14.2 Å². The monoisotopic (exact) mass is 374 g/mol. The van der Waals surface area contributed by atoms with Gasteiger partial charge in [-0.1, -0.05) is 24.3 Å². The highest BCUT2D eigenvalue weighted by atomic mass is 16.6. The van der Waals surface area contributed by atoms with E-state index in [-0.39, 0.29) is 13.2 Å². The van der Waals surface area contributed by atoms with Crippen LogP contribution < -0.4 is 9.47 Å². The van der Waals surface area contributed by atoms with Crippen molar-refractivity contribution in [1.29, 1.82) is 0 Å². The van der Waals surface area contributed by atoms with E-state index in [1.54, 1.807) is 48.5 Å². The molecule has 7 nitrogen and oxygen atoms in total. The van der Waals surface area contributed by atoms with Crippen LogP contribution in [0.15, 0.2) is 48.5 Å². The Morgan fingerprint density at radius 3 is 1.48 bits per heavy atom. The number of rotatable bonds is 10. The Labute approximate surface area is 157 Å². The molecule has 0 aliphatic carbocycles. The number of para-hydroxylation sites is 2. The molecular weight excluding hydrogens is 352 g/mol. The molecule has 2 aromatic rings. The van der Waals surface area contributed by atoms with E-state index in [4.69, 9.17) is 23.7 Å². The van der Waals surface area contributed by atoms with E-state index >= 15 is 0 Å². The van der Waals surface area contributed by atoms with Crippen molar-refractivity contribution in [2.75, 3.05) is 40.6 Å². The smallest absolute Gasteiger partial charge is 0.341 e. The van der Waals surface area contributed by atoms with Gasteiger partial charge in [-0.25, -0.2) is 9.59 Å². The topological polar surface area (TPSA) is 80.3 Å². The lowest BCUT2D eigenvalue weighted by molar-refractivity contribution is 0.0584. The third kappa shape index (κ3) is 6.00. The highest BCUT2D eigenvalue weighted by Crippen LogP contribution is 2.19. The van der Waals surface area contributed by atoms with Crippen LogP contribution >= 0.6 is 0 Å². The van der Waals surface area contributed by atoms with Gasteiger partial charge >= 0.3 is 11.9 Å². The summed E-state index contributed by atoms with van der Waals surface area (Å²) in [6.45, 7) is 1.18. The van der Waals surface area contributed by atoms with Gasteiger partial charge in [0.25, 0.3) is 0 Å². The van der Waals surface area contributed by atoms with Crippen molar-refractivity contribution in [2.24, 2.45) is 0 Å². The van der Waals surface area contributed by atoms with Crippen molar-refractivity contribution in [3.63, 3.8) is 0 Å². The number of methoxy groups -OCH3 is 2. The van der Waals surface area contributed by atoms with E-state index in [2.05, 4.69) is 0 Å². The summed E-state index contributed by atoms with van der Waals surface area (Å²) >= 11 is 0. The maximum absolute atomic E-state index is 11.7. The zero-order valence-electron chi connectivity index (χ0n) is 15.3. The number of hydrogen-bond acceptors (Lipinski definition) is 7. The van der Waals surface area contributed by atoms with Crippen molar-refractivity contribution in [3.8, 4) is 11.5 Å². The molecule has 0 fully saturated rings. The van der Waals surface area contributed by atoms with E-state index in [0.29, 0.717) is 35.8 Å². The fourth-order valence-corrected chi connectivity index (χ4v) is 2.27. The SMILES string of the molecule is COC(=O)c1ccccc1OCCOCCOc1ccccc1C(=O)OC. The fraction of sp³-hybridized carbons (Fsp3) is 0.300. The van der Waals surface area contributed by atoms with E-state index < -0.39 is 11.9 Å². The second-order valence-corrected chi connectivity index (χ2v) is 5.28. The average molecular weight is 374 g/mol. The van der Waals surface area contributed by atoms with E-state index in [1.807, 2.05) is 0 Å². The molecule has 0 atom stereocenters. The minimum Gasteiger partial charge on any atom is -0.490 e. The van der Waals surface area contributed by atoms with Gasteiger partial charge in [0.05, 0.1) is 27.4 Å². The van der Waals surface area contributed by atoms with Gasteiger partial charge < -0.3 is 23.7 Å². The van der Waals surface area contributed by atoms with Crippen molar-refractivity contribution >= 4 is 11.9 Å². The van der Waals surface area contributed by atoms with Crippen LogP contribution in [-0.4, -0.2) is 52.6 Å². The summed E-state index contributed by atoms with van der Waals surface area (Å²) < 4.78 is 26.0. The van der Waals surface area contributed by atoms with Gasteiger partial charge in [0.15, 0.2) is 0 Å². The molecule has 0 aromatic heterocycles. The quantitative estimate of drug-likeness (QED) is 0.467. The highest BCUT2D eigenvalue weighted by Gasteiger charge is 2.13. The molecule has 0 aliphatic heterocycles. The number of hydrogen-bond donors (Lipinski definition) is 0. The first-order valence-electron chi connectivity index (χ1n) is 8.35. The zero-order valence-corrected chi connectivity index (χ0v) is 15.3. The lowest BCUT2D eigenvalue weighted by Gasteiger charge is -2.12. The Bertz CT molecular complexity index is 694. The maximum Gasteiger partial charge on any atom is 0.341 e. The summed E-state index contributed by atoms with van der Waals surface area (Å²) in [5.41, 5.74) is 0.727. The lowest BCUT2D eigenvalue weighted by atomic mass is 10.2. The molecule has 0 N–H and O–H groups in total. The van der Waals surface area contributed by atoms with Crippen LogP contribution in [0, 0.1) is 0 Å². The molecule has 0 unspecified atom stereocenters. The molecule has 0 aliphatic rings. The number of carbonyl (C=O) groups excluding carboxylic acids is 2. The first-order valence-corrected chi connectivity index (χ1v) is 8.35. The molecular formula is C20H22O7. The van der Waals surface area contributed by atoms with Crippen LogP contribution in [0.3, 0.4) is 0 Å². The Morgan fingerprint density at radius 2 is 1.07 bits per heavy atom. The minimum absolute atomic E-state index is 0.271. The first-order chi connectivity index (χ1) is 13.2. The molecule has 7 heteroatoms. The van der Waals surface area contributed by atoms with Crippen LogP contribution in [0.5, 0.6) is 11.5 Å². The number of carbonyl (C=O) groups is 2. The second-order valence-electron chi connectivity index (χ2n) is 5.28. The third-order valence-corrected chi connectivity index (χ3v) is 3.56. The summed E-state index contributed by atoms with van der Waals surface area (Å²) in [6, 6.07) is 13.7. The minimum atomic E-state index is -0.454. The molecule has 0 bridgehead atoms. The zero-order chi connectivity index (χ0) is 19.5. The standard InChI is InChI=1S/C20H22O7/c1-23-19(21)15-7-3-5-9-17(15)26-13-11-25-12-14-27-18-10-6-4-8-16(18)20(22)24-2/h3-10H,11-14H2,1-2H3. The highest BCUT2D eigenvalue weighted by molar-refractivity contribution is 5.92. The van der Waals surface area contributed by atoms with Crippen LogP contribution in [0.1, 0.15) is 20.7 Å². The molecule has 0 amide bonds. The largest absolute Gasteiger partial charge is 0.490 e. The first kappa shape index (κ1) is 20.3. The summed E-state index contributed by atoms with van der Waals surface area (Å²) in [5.74, 6) is -0.0270.